The predicted octanol–water partition coefficient (Wildman–Crippen LogP) is 1.36. The van der Waals surface area contributed by atoms with Crippen LogP contribution in [0.1, 0.15) is 13.8 Å². The Morgan fingerprint density at radius 1 is 1.33 bits per heavy atom. The number of rotatable bonds is 6. The molecule has 12 heavy (non-hydrogen) atoms. The minimum absolute atomic E-state index is 0.707. The van der Waals surface area contributed by atoms with Gasteiger partial charge in [0, 0.05) is 31.6 Å². The summed E-state index contributed by atoms with van der Waals surface area (Å²) in [5.74, 6) is 0.707. The third kappa shape index (κ3) is 6.16. The van der Waals surface area contributed by atoms with E-state index in [-0.39, 0.29) is 0 Å². The Kier molecular flexibility index (Phi) is 7.41. The molecule has 0 amide bonds. The van der Waals surface area contributed by atoms with Crippen molar-refractivity contribution in [1.82, 2.24) is 15.6 Å². The van der Waals surface area contributed by atoms with E-state index in [9.17, 15) is 0 Å². The topological polar surface area (TPSA) is 18.5 Å². The summed E-state index contributed by atoms with van der Waals surface area (Å²) in [7, 11) is 4.15. The van der Waals surface area contributed by atoms with Gasteiger partial charge < -0.3 is 0 Å². The highest BCUT2D eigenvalue weighted by Crippen LogP contribution is 1.96. The second-order valence-corrected chi connectivity index (χ2v) is 4.43. The lowest BCUT2D eigenvalue weighted by molar-refractivity contribution is -0.0289. The largest absolute Gasteiger partial charge is 0.241 e. The molecule has 74 valence electrons. The Labute approximate surface area is 89.6 Å². The van der Waals surface area contributed by atoms with Crippen LogP contribution < -0.4 is 5.43 Å². The molecule has 0 aromatic rings. The minimum atomic E-state index is 0.707. The average Bonchev–Trinajstić information content (AvgIpc) is 1.98. The van der Waals surface area contributed by atoms with Crippen molar-refractivity contribution in [2.45, 2.75) is 13.8 Å². The smallest absolute Gasteiger partial charge is 0.0205 e. The van der Waals surface area contributed by atoms with Crippen molar-refractivity contribution < 1.29 is 0 Å². The highest BCUT2D eigenvalue weighted by Gasteiger charge is 2.05. The number of nitrogens with zero attached hydrogens (tertiary/aromatic N) is 2. The van der Waals surface area contributed by atoms with Crippen molar-refractivity contribution >= 4 is 22.6 Å². The van der Waals surface area contributed by atoms with E-state index in [1.165, 1.54) is 0 Å². The first-order valence-electron chi connectivity index (χ1n) is 4.32. The van der Waals surface area contributed by atoms with Crippen LogP contribution in [0.3, 0.4) is 0 Å². The fourth-order valence-corrected chi connectivity index (χ4v) is 1.22. The number of halogens is 1. The molecule has 4 heteroatoms. The Morgan fingerprint density at radius 3 is 2.33 bits per heavy atom. The van der Waals surface area contributed by atoms with Gasteiger partial charge in [-0.05, 0) is 5.92 Å². The normalized spacial score (nSPS) is 12.0. The molecule has 1 N–H and O–H groups in total. The van der Waals surface area contributed by atoms with Gasteiger partial charge in [0.05, 0.1) is 0 Å². The van der Waals surface area contributed by atoms with Crippen LogP contribution >= 0.6 is 22.6 Å². The van der Waals surface area contributed by atoms with E-state index in [4.69, 9.17) is 0 Å². The summed E-state index contributed by atoms with van der Waals surface area (Å²) in [6.45, 7) is 6.57. The van der Waals surface area contributed by atoms with Crippen LogP contribution in [0, 0.1) is 5.92 Å². The van der Waals surface area contributed by atoms with Crippen LogP contribution in [0.2, 0.25) is 0 Å². The van der Waals surface area contributed by atoms with E-state index in [0.717, 1.165) is 17.5 Å². The number of hydrazine groups is 2. The number of alkyl halides is 1. The molecule has 0 atom stereocenters. The first kappa shape index (κ1) is 12.6. The summed E-state index contributed by atoms with van der Waals surface area (Å²) in [5.41, 5.74) is 3.29. The Morgan fingerprint density at radius 2 is 1.92 bits per heavy atom. The van der Waals surface area contributed by atoms with Crippen molar-refractivity contribution in [3.05, 3.63) is 0 Å². The SMILES string of the molecule is CC(C)CN(C)N(C)NCCI. The summed E-state index contributed by atoms with van der Waals surface area (Å²) in [6.07, 6.45) is 0. The van der Waals surface area contributed by atoms with Crippen LogP contribution in [-0.2, 0) is 0 Å². The van der Waals surface area contributed by atoms with Gasteiger partial charge in [0.1, 0.15) is 0 Å². The lowest BCUT2D eigenvalue weighted by Crippen LogP contribution is -2.48. The van der Waals surface area contributed by atoms with Gasteiger partial charge >= 0.3 is 0 Å². The Balaban J connectivity index is 3.53. The van der Waals surface area contributed by atoms with Gasteiger partial charge in [-0.25, -0.2) is 10.4 Å². The molecule has 0 spiro atoms. The molecule has 0 aliphatic heterocycles. The maximum Gasteiger partial charge on any atom is 0.0205 e. The summed E-state index contributed by atoms with van der Waals surface area (Å²) < 4.78 is 1.14. The third-order valence-corrected chi connectivity index (χ3v) is 2.12. The first-order chi connectivity index (χ1) is 5.57. The third-order valence-electron chi connectivity index (χ3n) is 1.58. The second kappa shape index (κ2) is 7.06. The molecule has 0 saturated carbocycles. The molecule has 0 heterocycles. The van der Waals surface area contributed by atoms with Crippen LogP contribution in [0.4, 0.5) is 0 Å². The van der Waals surface area contributed by atoms with Gasteiger partial charge in [-0.1, -0.05) is 36.4 Å². The van der Waals surface area contributed by atoms with Crippen molar-refractivity contribution in [2.24, 2.45) is 5.92 Å². The zero-order valence-corrected chi connectivity index (χ0v) is 10.6. The van der Waals surface area contributed by atoms with E-state index in [0.29, 0.717) is 5.92 Å². The lowest BCUT2D eigenvalue weighted by atomic mass is 10.2. The first-order valence-corrected chi connectivity index (χ1v) is 5.84. The molecular formula is C8H20IN3. The highest BCUT2D eigenvalue weighted by molar-refractivity contribution is 14.1. The van der Waals surface area contributed by atoms with Crippen molar-refractivity contribution in [3.63, 3.8) is 0 Å². The van der Waals surface area contributed by atoms with E-state index in [1.54, 1.807) is 0 Å². The fraction of sp³-hybridized carbons (Fsp3) is 1.00. The summed E-state index contributed by atoms with van der Waals surface area (Å²) in [4.78, 5) is 0. The highest BCUT2D eigenvalue weighted by atomic mass is 127. The number of nitrogens with one attached hydrogen (secondary N) is 1. The molecule has 0 aromatic carbocycles. The van der Waals surface area contributed by atoms with Crippen LogP contribution in [-0.4, -0.2) is 41.7 Å². The van der Waals surface area contributed by atoms with Crippen molar-refractivity contribution in [2.75, 3.05) is 31.6 Å². The van der Waals surface area contributed by atoms with Crippen LogP contribution in [0.25, 0.3) is 0 Å². The van der Waals surface area contributed by atoms with Gasteiger partial charge in [-0.3, -0.25) is 0 Å². The van der Waals surface area contributed by atoms with E-state index >= 15 is 0 Å². The number of hydrogen-bond acceptors (Lipinski definition) is 3. The molecule has 0 bridgehead atoms. The van der Waals surface area contributed by atoms with E-state index < -0.39 is 0 Å². The molecule has 0 aromatic heterocycles. The lowest BCUT2D eigenvalue weighted by Gasteiger charge is -2.29. The Bertz CT molecular complexity index is 108. The zero-order chi connectivity index (χ0) is 9.56. The van der Waals surface area contributed by atoms with Gasteiger partial charge in [0.25, 0.3) is 0 Å². The summed E-state index contributed by atoms with van der Waals surface area (Å²) >= 11 is 2.36. The van der Waals surface area contributed by atoms with Gasteiger partial charge in [0.2, 0.25) is 0 Å². The maximum absolute atomic E-state index is 3.29. The standard InChI is InChI=1S/C8H20IN3/c1-8(2)7-11(3)12(4)10-6-5-9/h8,10H,5-7H2,1-4H3. The predicted molar refractivity (Wildman–Crippen MR) is 62.1 cm³/mol. The van der Waals surface area contributed by atoms with Gasteiger partial charge in [-0.2, -0.15) is 5.12 Å². The van der Waals surface area contributed by atoms with Crippen LogP contribution in [0.5, 0.6) is 0 Å². The quantitative estimate of drug-likeness (QED) is 0.451. The molecule has 0 radical (unpaired) electrons. The molecule has 0 fully saturated rings. The Hall–Kier alpha value is 0.610. The van der Waals surface area contributed by atoms with E-state index in [2.05, 4.69) is 66.1 Å². The average molecular weight is 285 g/mol. The summed E-state index contributed by atoms with van der Waals surface area (Å²) in [5, 5.41) is 4.25. The van der Waals surface area contributed by atoms with Gasteiger partial charge in [-0.15, -0.1) is 0 Å². The van der Waals surface area contributed by atoms with Crippen LogP contribution in [0.15, 0.2) is 0 Å². The molecule has 0 aliphatic carbocycles. The molecule has 0 saturated heterocycles. The second-order valence-electron chi connectivity index (χ2n) is 3.35. The molecular weight excluding hydrogens is 265 g/mol. The molecule has 0 unspecified atom stereocenters. The van der Waals surface area contributed by atoms with E-state index in [1.807, 2.05) is 0 Å². The maximum atomic E-state index is 3.29. The monoisotopic (exact) mass is 285 g/mol. The van der Waals surface area contributed by atoms with Crippen molar-refractivity contribution in [1.29, 1.82) is 0 Å². The molecule has 0 rings (SSSR count). The molecule has 0 aliphatic rings. The zero-order valence-electron chi connectivity index (χ0n) is 8.47. The minimum Gasteiger partial charge on any atom is -0.241 e. The van der Waals surface area contributed by atoms with Crippen molar-refractivity contribution in [3.8, 4) is 0 Å². The number of hydrogen-bond donors (Lipinski definition) is 1. The summed E-state index contributed by atoms with van der Waals surface area (Å²) in [6, 6.07) is 0. The fourth-order valence-electron chi connectivity index (χ4n) is 0.976. The molecule has 3 nitrogen and oxygen atoms in total. The van der Waals surface area contributed by atoms with Gasteiger partial charge in [0.15, 0.2) is 0 Å².